The van der Waals surface area contributed by atoms with Crippen molar-refractivity contribution in [3.63, 3.8) is 0 Å². The van der Waals surface area contributed by atoms with E-state index in [4.69, 9.17) is 0 Å². The Labute approximate surface area is 101 Å². The van der Waals surface area contributed by atoms with Gasteiger partial charge in [-0.25, -0.2) is 13.2 Å². The normalized spacial score (nSPS) is 10.6. The molecule has 88 valence electrons. The second-order valence-corrected chi connectivity index (χ2v) is 3.80. The summed E-state index contributed by atoms with van der Waals surface area (Å²) >= 11 is 2.88. The number of carbonyl (C=O) groups excluding carboxylic acids is 1. The molecule has 0 saturated carbocycles. The molecular weight excluding hydrogens is 303 g/mol. The molecule has 2 rings (SSSR count). The summed E-state index contributed by atoms with van der Waals surface area (Å²) in [6.07, 6.45) is 0.372. The average Bonchev–Trinajstić information content (AvgIpc) is 2.64. The minimum Gasteiger partial charge on any atom is -0.348 e. The summed E-state index contributed by atoms with van der Waals surface area (Å²) in [6.45, 7) is 0. The van der Waals surface area contributed by atoms with Gasteiger partial charge in [0.2, 0.25) is 4.67 Å². The van der Waals surface area contributed by atoms with Gasteiger partial charge in [-0.1, -0.05) is 5.16 Å². The van der Waals surface area contributed by atoms with Crippen LogP contribution in [-0.2, 0) is 0 Å². The second kappa shape index (κ2) is 4.33. The zero-order valence-electron chi connectivity index (χ0n) is 8.01. The predicted octanol–water partition coefficient (Wildman–Crippen LogP) is 3.33. The topological polar surface area (TPSA) is 43.1 Å². The van der Waals surface area contributed by atoms with Crippen molar-refractivity contribution in [2.24, 2.45) is 0 Å². The first-order valence-corrected chi connectivity index (χ1v) is 5.09. The molecule has 0 atom stereocenters. The lowest BCUT2D eigenvalue weighted by molar-refractivity contribution is 0.112. The molecule has 2 aromatic rings. The Balaban J connectivity index is 2.68. The van der Waals surface area contributed by atoms with Gasteiger partial charge < -0.3 is 4.52 Å². The maximum Gasteiger partial charge on any atom is 0.213 e. The van der Waals surface area contributed by atoms with Crippen LogP contribution in [0.2, 0.25) is 0 Å². The van der Waals surface area contributed by atoms with Crippen LogP contribution >= 0.6 is 15.9 Å². The van der Waals surface area contributed by atoms with Crippen molar-refractivity contribution in [3.05, 3.63) is 39.8 Å². The molecule has 1 aromatic heterocycles. The summed E-state index contributed by atoms with van der Waals surface area (Å²) in [5, 5.41) is 3.41. The zero-order chi connectivity index (χ0) is 12.6. The lowest BCUT2D eigenvalue weighted by Gasteiger charge is -2.00. The number of aldehydes is 1. The Morgan fingerprint density at radius 3 is 2.47 bits per heavy atom. The van der Waals surface area contributed by atoms with Gasteiger partial charge in [-0.05, 0) is 22.0 Å². The Morgan fingerprint density at radius 1 is 1.18 bits per heavy atom. The number of hydrogen-bond acceptors (Lipinski definition) is 3. The number of benzene rings is 1. The van der Waals surface area contributed by atoms with Crippen molar-refractivity contribution >= 4 is 22.2 Å². The summed E-state index contributed by atoms with van der Waals surface area (Å²) in [4.78, 5) is 10.7. The van der Waals surface area contributed by atoms with Crippen LogP contribution in [0.15, 0.2) is 21.3 Å². The standard InChI is InChI=1S/C10H3BrF3NO2/c11-10-5(3-16)9(15-17-10)4-1-7(13)8(14)2-6(4)12/h1-3H. The SMILES string of the molecule is O=Cc1c(-c2cc(F)c(F)cc2F)noc1Br. The molecule has 0 aliphatic rings. The highest BCUT2D eigenvalue weighted by molar-refractivity contribution is 9.10. The zero-order valence-corrected chi connectivity index (χ0v) is 9.59. The molecule has 0 amide bonds. The quantitative estimate of drug-likeness (QED) is 0.631. The van der Waals surface area contributed by atoms with Crippen LogP contribution in [0, 0.1) is 17.5 Å². The summed E-state index contributed by atoms with van der Waals surface area (Å²) in [5.41, 5.74) is -0.612. The number of aromatic nitrogens is 1. The van der Waals surface area contributed by atoms with Crippen molar-refractivity contribution in [2.45, 2.75) is 0 Å². The van der Waals surface area contributed by atoms with Gasteiger partial charge in [0.15, 0.2) is 17.9 Å². The highest BCUT2D eigenvalue weighted by Crippen LogP contribution is 2.30. The molecule has 0 aliphatic heterocycles. The van der Waals surface area contributed by atoms with Crippen LogP contribution in [-0.4, -0.2) is 11.4 Å². The minimum atomic E-state index is -1.32. The number of rotatable bonds is 2. The molecule has 17 heavy (non-hydrogen) atoms. The van der Waals surface area contributed by atoms with Gasteiger partial charge in [0.1, 0.15) is 11.5 Å². The van der Waals surface area contributed by atoms with Gasteiger partial charge in [-0.3, -0.25) is 4.79 Å². The van der Waals surface area contributed by atoms with Crippen molar-refractivity contribution < 1.29 is 22.5 Å². The molecular formula is C10H3BrF3NO2. The molecule has 0 radical (unpaired) electrons. The van der Waals surface area contributed by atoms with E-state index in [-0.39, 0.29) is 21.5 Å². The van der Waals surface area contributed by atoms with Crippen molar-refractivity contribution in [1.29, 1.82) is 0 Å². The monoisotopic (exact) mass is 305 g/mol. The molecule has 0 spiro atoms. The predicted molar refractivity (Wildman–Crippen MR) is 54.9 cm³/mol. The van der Waals surface area contributed by atoms with E-state index < -0.39 is 17.5 Å². The van der Waals surface area contributed by atoms with E-state index >= 15 is 0 Å². The van der Waals surface area contributed by atoms with Gasteiger partial charge in [-0.15, -0.1) is 0 Å². The van der Waals surface area contributed by atoms with E-state index in [0.29, 0.717) is 18.4 Å². The van der Waals surface area contributed by atoms with E-state index in [0.717, 1.165) is 0 Å². The van der Waals surface area contributed by atoms with E-state index in [9.17, 15) is 18.0 Å². The molecule has 0 saturated heterocycles. The summed E-state index contributed by atoms with van der Waals surface area (Å²) < 4.78 is 43.7. The Hall–Kier alpha value is -1.63. The minimum absolute atomic E-state index is 0.00775. The molecule has 0 unspecified atom stereocenters. The fourth-order valence-electron chi connectivity index (χ4n) is 1.28. The van der Waals surface area contributed by atoms with Crippen LogP contribution in [0.5, 0.6) is 0 Å². The molecule has 1 heterocycles. The highest BCUT2D eigenvalue weighted by Gasteiger charge is 2.20. The van der Waals surface area contributed by atoms with Crippen LogP contribution in [0.1, 0.15) is 10.4 Å². The molecule has 0 aliphatic carbocycles. The summed E-state index contributed by atoms with van der Waals surface area (Å²) in [7, 11) is 0. The Bertz CT molecular complexity index is 597. The van der Waals surface area contributed by atoms with Crippen LogP contribution in [0.4, 0.5) is 13.2 Å². The summed E-state index contributed by atoms with van der Waals surface area (Å²) in [5.74, 6) is -3.59. The van der Waals surface area contributed by atoms with Crippen LogP contribution < -0.4 is 0 Å². The van der Waals surface area contributed by atoms with Gasteiger partial charge in [0, 0.05) is 11.6 Å². The Morgan fingerprint density at radius 2 is 1.82 bits per heavy atom. The van der Waals surface area contributed by atoms with Crippen LogP contribution in [0.25, 0.3) is 11.3 Å². The molecule has 3 nitrogen and oxygen atoms in total. The Kier molecular flexibility index (Phi) is 3.01. The number of hydrogen-bond donors (Lipinski definition) is 0. The molecule has 0 N–H and O–H groups in total. The lowest BCUT2D eigenvalue weighted by Crippen LogP contribution is -1.93. The lowest BCUT2D eigenvalue weighted by atomic mass is 10.1. The maximum absolute atomic E-state index is 13.4. The first-order valence-electron chi connectivity index (χ1n) is 4.30. The molecule has 1 aromatic carbocycles. The average molecular weight is 306 g/mol. The van der Waals surface area contributed by atoms with Gasteiger partial charge in [0.25, 0.3) is 0 Å². The van der Waals surface area contributed by atoms with Crippen molar-refractivity contribution in [2.75, 3.05) is 0 Å². The first-order chi connectivity index (χ1) is 8.04. The number of carbonyl (C=O) groups is 1. The third-order valence-corrected chi connectivity index (χ3v) is 2.64. The van der Waals surface area contributed by atoms with Gasteiger partial charge >= 0.3 is 0 Å². The van der Waals surface area contributed by atoms with Crippen molar-refractivity contribution in [3.8, 4) is 11.3 Å². The van der Waals surface area contributed by atoms with Crippen molar-refractivity contribution in [1.82, 2.24) is 5.16 Å². The largest absolute Gasteiger partial charge is 0.348 e. The molecule has 0 bridgehead atoms. The smallest absolute Gasteiger partial charge is 0.213 e. The fraction of sp³-hybridized carbons (Fsp3) is 0. The van der Waals surface area contributed by atoms with E-state index in [2.05, 4.69) is 25.6 Å². The highest BCUT2D eigenvalue weighted by atomic mass is 79.9. The molecule has 0 fully saturated rings. The molecule has 7 heteroatoms. The summed E-state index contributed by atoms with van der Waals surface area (Å²) in [6, 6.07) is 0.990. The van der Waals surface area contributed by atoms with E-state index in [1.54, 1.807) is 0 Å². The van der Waals surface area contributed by atoms with Crippen LogP contribution in [0.3, 0.4) is 0 Å². The third kappa shape index (κ3) is 1.97. The second-order valence-electron chi connectivity index (χ2n) is 3.08. The van der Waals surface area contributed by atoms with E-state index in [1.807, 2.05) is 0 Å². The first kappa shape index (κ1) is 11.8. The number of nitrogens with zero attached hydrogens (tertiary/aromatic N) is 1. The third-order valence-electron chi connectivity index (χ3n) is 2.07. The maximum atomic E-state index is 13.4. The van der Waals surface area contributed by atoms with Gasteiger partial charge in [0.05, 0.1) is 5.56 Å². The number of halogens is 4. The van der Waals surface area contributed by atoms with E-state index in [1.165, 1.54) is 0 Å². The van der Waals surface area contributed by atoms with Gasteiger partial charge in [-0.2, -0.15) is 0 Å². The fourth-order valence-corrected chi connectivity index (χ4v) is 1.63.